The molecule has 0 aliphatic carbocycles. The van der Waals surface area contributed by atoms with E-state index in [1.165, 1.54) is 0 Å². The quantitative estimate of drug-likeness (QED) is 0.698. The Balaban J connectivity index is 2.15. The van der Waals surface area contributed by atoms with Gasteiger partial charge in [0.1, 0.15) is 5.75 Å². The highest BCUT2D eigenvalue weighted by Gasteiger charge is 2.16. The highest BCUT2D eigenvalue weighted by molar-refractivity contribution is 6.10. The van der Waals surface area contributed by atoms with Gasteiger partial charge in [-0.1, -0.05) is 12.1 Å². The lowest BCUT2D eigenvalue weighted by molar-refractivity contribution is 0.103. The van der Waals surface area contributed by atoms with E-state index in [0.29, 0.717) is 16.7 Å². The molecule has 3 rings (SSSR count). The van der Waals surface area contributed by atoms with Crippen molar-refractivity contribution in [1.29, 1.82) is 0 Å². The highest BCUT2D eigenvalue weighted by atomic mass is 16.5. The van der Waals surface area contributed by atoms with Gasteiger partial charge >= 0.3 is 0 Å². The number of hydrogen-bond acceptors (Lipinski definition) is 3. The second kappa shape index (κ2) is 5.48. The van der Waals surface area contributed by atoms with Crippen molar-refractivity contribution in [2.24, 2.45) is 7.05 Å². The number of methoxy groups -OCH3 is 1. The molecule has 0 atom stereocenters. The topological polar surface area (TPSA) is 48.3 Å². The van der Waals surface area contributed by atoms with Crippen molar-refractivity contribution in [3.8, 4) is 5.75 Å². The normalized spacial score (nSPS) is 10.6. The number of hydrogen-bond donors (Lipinski definition) is 0. The van der Waals surface area contributed by atoms with E-state index in [1.807, 2.05) is 19.2 Å². The minimum atomic E-state index is -0.283. The molecule has 0 fully saturated rings. The van der Waals surface area contributed by atoms with Crippen LogP contribution in [-0.4, -0.2) is 17.5 Å². The molecule has 110 valence electrons. The maximum absolute atomic E-state index is 12.6. The minimum Gasteiger partial charge on any atom is -0.497 e. The van der Waals surface area contributed by atoms with Crippen molar-refractivity contribution in [2.75, 3.05) is 7.11 Å². The summed E-state index contributed by atoms with van der Waals surface area (Å²) in [5, 5.41) is 0.546. The zero-order chi connectivity index (χ0) is 15.7. The van der Waals surface area contributed by atoms with Gasteiger partial charge in [-0.2, -0.15) is 0 Å². The molecule has 0 spiro atoms. The summed E-state index contributed by atoms with van der Waals surface area (Å²) in [7, 11) is 3.39. The van der Waals surface area contributed by atoms with E-state index in [1.54, 1.807) is 54.3 Å². The molecular formula is C18H15NO3. The summed E-state index contributed by atoms with van der Waals surface area (Å²) in [6, 6.07) is 14.0. The zero-order valence-electron chi connectivity index (χ0n) is 12.4. The van der Waals surface area contributed by atoms with Crippen molar-refractivity contribution in [3.05, 3.63) is 76.1 Å². The largest absolute Gasteiger partial charge is 0.497 e. The van der Waals surface area contributed by atoms with Crippen molar-refractivity contribution in [2.45, 2.75) is 0 Å². The first-order chi connectivity index (χ1) is 10.6. The number of aromatic nitrogens is 1. The number of rotatable bonds is 3. The molecule has 0 bridgehead atoms. The van der Waals surface area contributed by atoms with Crippen LogP contribution in [0.25, 0.3) is 10.9 Å². The molecule has 0 amide bonds. The maximum Gasteiger partial charge on any atom is 0.200 e. The van der Waals surface area contributed by atoms with Gasteiger partial charge in [-0.15, -0.1) is 0 Å². The second-order valence-corrected chi connectivity index (χ2v) is 5.06. The monoisotopic (exact) mass is 293 g/mol. The van der Waals surface area contributed by atoms with Crippen LogP contribution in [0.15, 0.2) is 59.5 Å². The first kappa shape index (κ1) is 14.1. The van der Waals surface area contributed by atoms with Gasteiger partial charge in [0.25, 0.3) is 0 Å². The van der Waals surface area contributed by atoms with E-state index in [0.717, 1.165) is 5.52 Å². The van der Waals surface area contributed by atoms with Gasteiger partial charge < -0.3 is 9.30 Å². The van der Waals surface area contributed by atoms with Gasteiger partial charge in [-0.05, 0) is 36.4 Å². The number of ether oxygens (including phenoxy) is 1. The predicted molar refractivity (Wildman–Crippen MR) is 85.6 cm³/mol. The van der Waals surface area contributed by atoms with E-state index in [-0.39, 0.29) is 16.8 Å². The Hall–Kier alpha value is -2.88. The Bertz CT molecular complexity index is 908. The Kier molecular flexibility index (Phi) is 3.51. The lowest BCUT2D eigenvalue weighted by Crippen LogP contribution is -2.18. The second-order valence-electron chi connectivity index (χ2n) is 5.06. The lowest BCUT2D eigenvalue weighted by atomic mass is 10.0. The van der Waals surface area contributed by atoms with Crippen LogP contribution < -0.4 is 10.2 Å². The molecule has 4 heteroatoms. The highest BCUT2D eigenvalue weighted by Crippen LogP contribution is 2.16. The molecule has 0 N–H and O–H groups in total. The minimum absolute atomic E-state index is 0.173. The molecule has 1 aromatic heterocycles. The average molecular weight is 293 g/mol. The Morgan fingerprint density at radius 3 is 2.41 bits per heavy atom. The molecule has 0 radical (unpaired) electrons. The number of para-hydroxylation sites is 1. The molecule has 22 heavy (non-hydrogen) atoms. The summed E-state index contributed by atoms with van der Waals surface area (Å²) in [5.41, 5.74) is 1.20. The fourth-order valence-electron chi connectivity index (χ4n) is 2.50. The summed E-state index contributed by atoms with van der Waals surface area (Å²) in [6.45, 7) is 0. The molecule has 1 heterocycles. The van der Waals surface area contributed by atoms with Crippen molar-refractivity contribution in [1.82, 2.24) is 4.57 Å². The van der Waals surface area contributed by atoms with Gasteiger partial charge in [0, 0.05) is 24.2 Å². The lowest BCUT2D eigenvalue weighted by Gasteiger charge is -2.08. The molecule has 4 nitrogen and oxygen atoms in total. The molecular weight excluding hydrogens is 278 g/mol. The van der Waals surface area contributed by atoms with Crippen LogP contribution in [0.4, 0.5) is 0 Å². The van der Waals surface area contributed by atoms with E-state index >= 15 is 0 Å². The van der Waals surface area contributed by atoms with Gasteiger partial charge in [-0.25, -0.2) is 0 Å². The molecule has 0 aliphatic heterocycles. The standard InChI is InChI=1S/C18H15NO3/c1-19-11-15(18(21)14-5-3-4-6-16(14)19)17(20)12-7-9-13(22-2)10-8-12/h3-11H,1-2H3. The molecule has 0 aliphatic rings. The number of ketones is 1. The number of aryl methyl sites for hydroxylation is 1. The number of benzene rings is 2. The fourth-order valence-corrected chi connectivity index (χ4v) is 2.50. The SMILES string of the molecule is COc1ccc(C(=O)c2cn(C)c3ccccc3c2=O)cc1. The van der Waals surface area contributed by atoms with Gasteiger partial charge in [0.2, 0.25) is 5.43 Å². The van der Waals surface area contributed by atoms with Crippen LogP contribution >= 0.6 is 0 Å². The summed E-state index contributed by atoms with van der Waals surface area (Å²) in [6.07, 6.45) is 1.59. The molecule has 0 saturated carbocycles. The third-order valence-corrected chi connectivity index (χ3v) is 3.69. The molecule has 0 saturated heterocycles. The van der Waals surface area contributed by atoms with Crippen LogP contribution in [0.1, 0.15) is 15.9 Å². The van der Waals surface area contributed by atoms with Crippen LogP contribution in [0.2, 0.25) is 0 Å². The van der Waals surface area contributed by atoms with Gasteiger partial charge in [-0.3, -0.25) is 9.59 Å². The van der Waals surface area contributed by atoms with Crippen LogP contribution in [0.5, 0.6) is 5.75 Å². The fraction of sp³-hybridized carbons (Fsp3) is 0.111. The molecule has 3 aromatic rings. The maximum atomic E-state index is 12.6. The summed E-state index contributed by atoms with van der Waals surface area (Å²) < 4.78 is 6.88. The third kappa shape index (κ3) is 2.29. The van der Waals surface area contributed by atoms with Crippen molar-refractivity contribution >= 4 is 16.7 Å². The average Bonchev–Trinajstić information content (AvgIpc) is 2.57. The van der Waals surface area contributed by atoms with Crippen molar-refractivity contribution in [3.63, 3.8) is 0 Å². The molecule has 0 unspecified atom stereocenters. The zero-order valence-corrected chi connectivity index (χ0v) is 12.4. The third-order valence-electron chi connectivity index (χ3n) is 3.69. The summed E-state index contributed by atoms with van der Waals surface area (Å²) in [5.74, 6) is 0.386. The van der Waals surface area contributed by atoms with Crippen LogP contribution in [0.3, 0.4) is 0 Å². The van der Waals surface area contributed by atoms with Crippen LogP contribution in [0, 0.1) is 0 Å². The number of fused-ring (bicyclic) bond motifs is 1. The van der Waals surface area contributed by atoms with E-state index in [2.05, 4.69) is 0 Å². The smallest absolute Gasteiger partial charge is 0.200 e. The Morgan fingerprint density at radius 1 is 1.05 bits per heavy atom. The summed E-state index contributed by atoms with van der Waals surface area (Å²) >= 11 is 0. The van der Waals surface area contributed by atoms with Crippen LogP contribution in [-0.2, 0) is 7.05 Å². The first-order valence-electron chi connectivity index (χ1n) is 6.89. The van der Waals surface area contributed by atoms with E-state index in [9.17, 15) is 9.59 Å². The molecule has 2 aromatic carbocycles. The van der Waals surface area contributed by atoms with E-state index < -0.39 is 0 Å². The van der Waals surface area contributed by atoms with Crippen molar-refractivity contribution < 1.29 is 9.53 Å². The first-order valence-corrected chi connectivity index (χ1v) is 6.89. The number of pyridine rings is 1. The van der Waals surface area contributed by atoms with Gasteiger partial charge in [0.05, 0.1) is 18.2 Å². The predicted octanol–water partition coefficient (Wildman–Crippen LogP) is 2.78. The number of carbonyl (C=O) groups is 1. The number of nitrogens with zero attached hydrogens (tertiary/aromatic N) is 1. The van der Waals surface area contributed by atoms with Gasteiger partial charge in [0.15, 0.2) is 5.78 Å². The Labute approximate surface area is 127 Å². The summed E-state index contributed by atoms with van der Waals surface area (Å²) in [4.78, 5) is 25.2. The van der Waals surface area contributed by atoms with E-state index in [4.69, 9.17) is 4.74 Å². The Morgan fingerprint density at radius 2 is 1.73 bits per heavy atom. The number of carbonyl (C=O) groups excluding carboxylic acids is 1.